The second-order valence-electron chi connectivity index (χ2n) is 9.25. The van der Waals surface area contributed by atoms with Gasteiger partial charge in [0.25, 0.3) is 0 Å². The summed E-state index contributed by atoms with van der Waals surface area (Å²) in [5.41, 5.74) is 0. The third kappa shape index (κ3) is 6.32. The zero-order valence-corrected chi connectivity index (χ0v) is 17.9. The third-order valence-electron chi connectivity index (χ3n) is 7.11. The van der Waals surface area contributed by atoms with E-state index in [-0.39, 0.29) is 12.1 Å². The Morgan fingerprint density at radius 2 is 1.39 bits per heavy atom. The smallest absolute Gasteiger partial charge is 0.330 e. The first-order valence-corrected chi connectivity index (χ1v) is 11.9. The normalized spacial score (nSPS) is 28.8. The van der Waals surface area contributed by atoms with Crippen molar-refractivity contribution in [3.63, 3.8) is 0 Å². The van der Waals surface area contributed by atoms with Gasteiger partial charge in [-0.05, 0) is 58.3 Å². The monoisotopic (exact) mass is 391 g/mol. The van der Waals surface area contributed by atoms with Crippen molar-refractivity contribution in [1.29, 1.82) is 0 Å². The number of rotatable bonds is 8. The van der Waals surface area contributed by atoms with Crippen LogP contribution in [0.15, 0.2) is 12.7 Å². The number of nitrogens with zero attached hydrogens (tertiary/aromatic N) is 1. The standard InChI is InChI=1S/C24H41NO3/c1-3-24(26)28-19(2)18-27-23-16-14-22(15-17-23)25(20-10-6-4-7-11-20)21-12-8-5-9-13-21/h3,19-23H,1,4-18H2,2H3. The SMILES string of the molecule is C=CC(=O)OC(C)COC1CCC(N(C2CCCCC2)C2CCCCC2)CC1. The highest BCUT2D eigenvalue weighted by atomic mass is 16.6. The lowest BCUT2D eigenvalue weighted by Crippen LogP contribution is -2.52. The molecule has 0 aliphatic heterocycles. The predicted molar refractivity (Wildman–Crippen MR) is 113 cm³/mol. The van der Waals surface area contributed by atoms with Gasteiger partial charge < -0.3 is 9.47 Å². The Morgan fingerprint density at radius 1 is 0.893 bits per heavy atom. The molecule has 1 unspecified atom stereocenters. The molecule has 0 aromatic rings. The largest absolute Gasteiger partial charge is 0.457 e. The molecule has 3 saturated carbocycles. The Balaban J connectivity index is 1.48. The molecule has 28 heavy (non-hydrogen) atoms. The maximum absolute atomic E-state index is 11.3. The molecule has 3 aliphatic carbocycles. The maximum atomic E-state index is 11.3. The number of hydrogen-bond donors (Lipinski definition) is 0. The molecule has 0 radical (unpaired) electrons. The van der Waals surface area contributed by atoms with Crippen LogP contribution in [-0.2, 0) is 14.3 Å². The van der Waals surface area contributed by atoms with Crippen LogP contribution in [-0.4, -0.2) is 47.8 Å². The summed E-state index contributed by atoms with van der Waals surface area (Å²) in [6, 6.07) is 2.41. The summed E-state index contributed by atoms with van der Waals surface area (Å²) in [7, 11) is 0. The van der Waals surface area contributed by atoms with Gasteiger partial charge in [0, 0.05) is 24.2 Å². The zero-order chi connectivity index (χ0) is 19.8. The van der Waals surface area contributed by atoms with Crippen LogP contribution in [0.4, 0.5) is 0 Å². The van der Waals surface area contributed by atoms with Crippen molar-refractivity contribution in [3.05, 3.63) is 12.7 Å². The summed E-state index contributed by atoms with van der Waals surface area (Å²) < 4.78 is 11.3. The first kappa shape index (κ1) is 21.8. The van der Waals surface area contributed by atoms with E-state index in [9.17, 15) is 4.79 Å². The second-order valence-corrected chi connectivity index (χ2v) is 9.25. The minimum Gasteiger partial charge on any atom is -0.457 e. The molecule has 0 heterocycles. The number of carbonyl (C=O) groups excluding carboxylic acids is 1. The summed E-state index contributed by atoms with van der Waals surface area (Å²) in [4.78, 5) is 14.3. The fourth-order valence-corrected chi connectivity index (χ4v) is 5.71. The minimum atomic E-state index is -0.365. The van der Waals surface area contributed by atoms with E-state index in [0.29, 0.717) is 12.7 Å². The van der Waals surface area contributed by atoms with E-state index < -0.39 is 0 Å². The van der Waals surface area contributed by atoms with Crippen molar-refractivity contribution in [2.45, 2.75) is 127 Å². The van der Waals surface area contributed by atoms with Gasteiger partial charge in [0.15, 0.2) is 0 Å². The van der Waals surface area contributed by atoms with Crippen LogP contribution in [0, 0.1) is 0 Å². The van der Waals surface area contributed by atoms with Crippen LogP contribution in [0.3, 0.4) is 0 Å². The average molecular weight is 392 g/mol. The zero-order valence-electron chi connectivity index (χ0n) is 17.9. The molecule has 0 saturated heterocycles. The fourth-order valence-electron chi connectivity index (χ4n) is 5.71. The van der Waals surface area contributed by atoms with Crippen molar-refractivity contribution in [2.24, 2.45) is 0 Å². The van der Waals surface area contributed by atoms with Crippen molar-refractivity contribution in [1.82, 2.24) is 4.90 Å². The molecule has 1 atom stereocenters. The Labute approximate surface area is 172 Å². The molecule has 0 bridgehead atoms. The number of esters is 1. The highest BCUT2D eigenvalue weighted by Crippen LogP contribution is 2.36. The first-order valence-electron chi connectivity index (χ1n) is 11.9. The molecule has 160 valence electrons. The molecule has 0 aromatic carbocycles. The lowest BCUT2D eigenvalue weighted by molar-refractivity contribution is -0.146. The Bertz CT molecular complexity index is 456. The van der Waals surface area contributed by atoms with E-state index in [1.54, 1.807) is 0 Å². The van der Waals surface area contributed by atoms with Crippen LogP contribution in [0.5, 0.6) is 0 Å². The van der Waals surface area contributed by atoms with Gasteiger partial charge >= 0.3 is 5.97 Å². The van der Waals surface area contributed by atoms with E-state index >= 15 is 0 Å². The van der Waals surface area contributed by atoms with Gasteiger partial charge in [-0.3, -0.25) is 4.90 Å². The Kier molecular flexibility index (Phi) is 8.85. The van der Waals surface area contributed by atoms with E-state index in [1.165, 1.54) is 83.1 Å². The minimum absolute atomic E-state index is 0.204. The quantitative estimate of drug-likeness (QED) is 0.410. The molecular formula is C24H41NO3. The van der Waals surface area contributed by atoms with Gasteiger partial charge in [0.2, 0.25) is 0 Å². The fraction of sp³-hybridized carbons (Fsp3) is 0.875. The number of hydrogen-bond acceptors (Lipinski definition) is 4. The highest BCUT2D eigenvalue weighted by molar-refractivity contribution is 5.81. The maximum Gasteiger partial charge on any atom is 0.330 e. The molecule has 0 amide bonds. The van der Waals surface area contributed by atoms with Gasteiger partial charge in [0.05, 0.1) is 12.7 Å². The lowest BCUT2D eigenvalue weighted by atomic mass is 9.83. The van der Waals surface area contributed by atoms with Crippen molar-refractivity contribution >= 4 is 5.97 Å². The van der Waals surface area contributed by atoms with E-state index in [0.717, 1.165) is 31.0 Å². The van der Waals surface area contributed by atoms with Crippen molar-refractivity contribution < 1.29 is 14.3 Å². The van der Waals surface area contributed by atoms with Crippen LogP contribution < -0.4 is 0 Å². The van der Waals surface area contributed by atoms with Crippen LogP contribution in [0.25, 0.3) is 0 Å². The molecule has 0 aromatic heterocycles. The molecule has 0 N–H and O–H groups in total. The van der Waals surface area contributed by atoms with Crippen LogP contribution in [0.2, 0.25) is 0 Å². The summed E-state index contributed by atoms with van der Waals surface area (Å²) >= 11 is 0. The molecule has 4 nitrogen and oxygen atoms in total. The summed E-state index contributed by atoms with van der Waals surface area (Å²) in [6.07, 6.45) is 20.4. The summed E-state index contributed by atoms with van der Waals surface area (Å²) in [5.74, 6) is -0.365. The van der Waals surface area contributed by atoms with Gasteiger partial charge in [-0.1, -0.05) is 45.1 Å². The Hall–Kier alpha value is -0.870. The molecule has 3 aliphatic rings. The van der Waals surface area contributed by atoms with Gasteiger partial charge in [0.1, 0.15) is 6.10 Å². The molecule has 4 heteroatoms. The highest BCUT2D eigenvalue weighted by Gasteiger charge is 2.36. The molecule has 3 fully saturated rings. The van der Waals surface area contributed by atoms with Gasteiger partial charge in [-0.2, -0.15) is 0 Å². The van der Waals surface area contributed by atoms with E-state index in [2.05, 4.69) is 11.5 Å². The lowest BCUT2D eigenvalue weighted by Gasteiger charge is -2.48. The molecule has 0 spiro atoms. The van der Waals surface area contributed by atoms with E-state index in [4.69, 9.17) is 9.47 Å². The molecular weight excluding hydrogens is 350 g/mol. The number of carbonyl (C=O) groups is 1. The van der Waals surface area contributed by atoms with Crippen molar-refractivity contribution in [2.75, 3.05) is 6.61 Å². The summed E-state index contributed by atoms with van der Waals surface area (Å²) in [5, 5.41) is 0. The van der Waals surface area contributed by atoms with Crippen LogP contribution >= 0.6 is 0 Å². The van der Waals surface area contributed by atoms with E-state index in [1.807, 2.05) is 6.92 Å². The van der Waals surface area contributed by atoms with Crippen molar-refractivity contribution in [3.8, 4) is 0 Å². The Morgan fingerprint density at radius 3 is 1.89 bits per heavy atom. The average Bonchev–Trinajstić information content (AvgIpc) is 2.75. The molecule has 3 rings (SSSR count). The third-order valence-corrected chi connectivity index (χ3v) is 7.11. The number of ether oxygens (including phenoxy) is 2. The topological polar surface area (TPSA) is 38.8 Å². The first-order chi connectivity index (χ1) is 13.7. The van der Waals surface area contributed by atoms with Gasteiger partial charge in [-0.25, -0.2) is 4.79 Å². The van der Waals surface area contributed by atoms with Crippen LogP contribution in [0.1, 0.15) is 96.8 Å². The predicted octanol–water partition coefficient (Wildman–Crippen LogP) is 5.40. The second kappa shape index (κ2) is 11.3. The summed E-state index contributed by atoms with van der Waals surface area (Å²) in [6.45, 7) is 5.83. The van der Waals surface area contributed by atoms with Gasteiger partial charge in [-0.15, -0.1) is 0 Å².